The number of carbonyl (C=O) groups is 1. The van der Waals surface area contributed by atoms with Gasteiger partial charge in [-0.05, 0) is 25.1 Å². The lowest BCUT2D eigenvalue weighted by Crippen LogP contribution is -2.15. The van der Waals surface area contributed by atoms with Gasteiger partial charge in [0.2, 0.25) is 5.91 Å². The van der Waals surface area contributed by atoms with Gasteiger partial charge >= 0.3 is 0 Å². The van der Waals surface area contributed by atoms with E-state index in [1.54, 1.807) is 0 Å². The van der Waals surface area contributed by atoms with Gasteiger partial charge in [-0.1, -0.05) is 42.1 Å². The predicted molar refractivity (Wildman–Crippen MR) is 96.5 cm³/mol. The van der Waals surface area contributed by atoms with E-state index in [1.807, 2.05) is 55.5 Å². The van der Waals surface area contributed by atoms with E-state index < -0.39 is 0 Å². The highest BCUT2D eigenvalue weighted by Crippen LogP contribution is 2.26. The minimum Gasteiger partial charge on any atom is -0.492 e. The number of fused-ring (bicyclic) bond motifs is 1. The van der Waals surface area contributed by atoms with Crippen molar-refractivity contribution in [1.29, 1.82) is 0 Å². The van der Waals surface area contributed by atoms with Crippen LogP contribution in [0.5, 0.6) is 5.75 Å². The van der Waals surface area contributed by atoms with Gasteiger partial charge in [-0.2, -0.15) is 0 Å². The van der Waals surface area contributed by atoms with Crippen LogP contribution in [0.25, 0.3) is 10.9 Å². The van der Waals surface area contributed by atoms with Crippen LogP contribution in [0.4, 0.5) is 5.69 Å². The number of aromatic nitrogens is 2. The van der Waals surface area contributed by atoms with E-state index in [-0.39, 0.29) is 11.7 Å². The van der Waals surface area contributed by atoms with Crippen molar-refractivity contribution in [2.45, 2.75) is 11.9 Å². The molecule has 0 aliphatic rings. The number of anilines is 1. The SMILES string of the molecule is CCOc1ccccc1NC(=O)CSc1ncnc2ccccc12. The van der Waals surface area contributed by atoms with Crippen LogP contribution >= 0.6 is 11.8 Å². The third-order valence-electron chi connectivity index (χ3n) is 3.31. The lowest BCUT2D eigenvalue weighted by molar-refractivity contribution is -0.113. The Morgan fingerprint density at radius 2 is 1.92 bits per heavy atom. The Labute approximate surface area is 144 Å². The molecule has 3 aromatic rings. The molecule has 0 radical (unpaired) electrons. The highest BCUT2D eigenvalue weighted by Gasteiger charge is 2.10. The van der Waals surface area contributed by atoms with Crippen LogP contribution in [-0.4, -0.2) is 28.2 Å². The van der Waals surface area contributed by atoms with Gasteiger partial charge in [0.05, 0.1) is 23.6 Å². The number of carbonyl (C=O) groups excluding carboxylic acids is 1. The summed E-state index contributed by atoms with van der Waals surface area (Å²) in [5, 5.41) is 4.64. The van der Waals surface area contributed by atoms with Crippen LogP contribution in [-0.2, 0) is 4.79 Å². The zero-order chi connectivity index (χ0) is 16.8. The summed E-state index contributed by atoms with van der Waals surface area (Å²) in [7, 11) is 0. The molecule has 3 rings (SSSR count). The average molecular weight is 339 g/mol. The molecule has 1 aromatic heterocycles. The Kier molecular flexibility index (Phi) is 5.28. The van der Waals surface area contributed by atoms with Crippen molar-refractivity contribution < 1.29 is 9.53 Å². The van der Waals surface area contributed by atoms with Crippen molar-refractivity contribution in [1.82, 2.24) is 9.97 Å². The second-order valence-corrected chi connectivity index (χ2v) is 5.93. The predicted octanol–water partition coefficient (Wildman–Crippen LogP) is 3.76. The topological polar surface area (TPSA) is 64.1 Å². The summed E-state index contributed by atoms with van der Waals surface area (Å²) >= 11 is 1.39. The summed E-state index contributed by atoms with van der Waals surface area (Å²) in [6, 6.07) is 15.2. The monoisotopic (exact) mass is 339 g/mol. The number of ether oxygens (including phenoxy) is 1. The number of thioether (sulfide) groups is 1. The number of benzene rings is 2. The van der Waals surface area contributed by atoms with Crippen molar-refractivity contribution in [2.24, 2.45) is 0 Å². The first-order chi connectivity index (χ1) is 11.8. The highest BCUT2D eigenvalue weighted by atomic mass is 32.2. The number of nitrogens with one attached hydrogen (secondary N) is 1. The molecule has 1 N–H and O–H groups in total. The Morgan fingerprint density at radius 1 is 1.12 bits per heavy atom. The third kappa shape index (κ3) is 3.83. The number of rotatable bonds is 6. The number of amides is 1. The number of hydrogen-bond acceptors (Lipinski definition) is 5. The second kappa shape index (κ2) is 7.79. The Bertz CT molecular complexity index is 849. The summed E-state index contributed by atoms with van der Waals surface area (Å²) in [6.45, 7) is 2.46. The van der Waals surface area contributed by atoms with Crippen molar-refractivity contribution >= 4 is 34.3 Å². The fourth-order valence-corrected chi connectivity index (χ4v) is 3.06. The van der Waals surface area contributed by atoms with Crippen molar-refractivity contribution in [3.63, 3.8) is 0 Å². The average Bonchev–Trinajstić information content (AvgIpc) is 2.62. The minimum atomic E-state index is -0.102. The molecule has 0 bridgehead atoms. The molecule has 0 aliphatic carbocycles. The van der Waals surface area contributed by atoms with Gasteiger partial charge < -0.3 is 10.1 Å². The van der Waals surface area contributed by atoms with Gasteiger partial charge in [0, 0.05) is 5.39 Å². The van der Waals surface area contributed by atoms with E-state index in [0.29, 0.717) is 18.0 Å². The van der Waals surface area contributed by atoms with E-state index in [0.717, 1.165) is 15.9 Å². The smallest absolute Gasteiger partial charge is 0.234 e. The fraction of sp³-hybridized carbons (Fsp3) is 0.167. The molecule has 0 saturated heterocycles. The zero-order valence-electron chi connectivity index (χ0n) is 13.2. The van der Waals surface area contributed by atoms with Gasteiger partial charge in [-0.3, -0.25) is 4.79 Å². The molecular weight excluding hydrogens is 322 g/mol. The van der Waals surface area contributed by atoms with Gasteiger partial charge in [-0.15, -0.1) is 0 Å². The molecule has 0 fully saturated rings. The second-order valence-electron chi connectivity index (χ2n) is 4.96. The Hall–Kier alpha value is -2.60. The molecular formula is C18H17N3O2S. The molecule has 2 aromatic carbocycles. The van der Waals surface area contributed by atoms with Crippen LogP contribution in [0, 0.1) is 0 Å². The maximum absolute atomic E-state index is 12.2. The summed E-state index contributed by atoms with van der Waals surface area (Å²) in [6.07, 6.45) is 1.52. The number of hydrogen-bond donors (Lipinski definition) is 1. The molecule has 6 heteroatoms. The molecule has 24 heavy (non-hydrogen) atoms. The van der Waals surface area contributed by atoms with E-state index in [4.69, 9.17) is 4.74 Å². The maximum Gasteiger partial charge on any atom is 0.234 e. The summed E-state index contributed by atoms with van der Waals surface area (Å²) in [4.78, 5) is 20.8. The number of nitrogens with zero attached hydrogens (tertiary/aromatic N) is 2. The number of para-hydroxylation sites is 3. The summed E-state index contributed by atoms with van der Waals surface area (Å²) < 4.78 is 5.52. The van der Waals surface area contributed by atoms with Crippen molar-refractivity contribution in [3.05, 3.63) is 54.9 Å². The normalized spacial score (nSPS) is 10.5. The quantitative estimate of drug-likeness (QED) is 0.547. The van der Waals surface area contributed by atoms with E-state index in [9.17, 15) is 4.79 Å². The lowest BCUT2D eigenvalue weighted by atomic mass is 10.2. The van der Waals surface area contributed by atoms with Crippen LogP contribution in [0.1, 0.15) is 6.92 Å². The molecule has 1 amide bonds. The molecule has 5 nitrogen and oxygen atoms in total. The Morgan fingerprint density at radius 3 is 2.79 bits per heavy atom. The molecule has 122 valence electrons. The molecule has 0 saturated carbocycles. The lowest BCUT2D eigenvalue weighted by Gasteiger charge is -2.11. The molecule has 0 atom stereocenters. The van der Waals surface area contributed by atoms with Crippen LogP contribution < -0.4 is 10.1 Å². The van der Waals surface area contributed by atoms with Gasteiger partial charge in [0.15, 0.2) is 0 Å². The van der Waals surface area contributed by atoms with Crippen LogP contribution in [0.15, 0.2) is 59.9 Å². The van der Waals surface area contributed by atoms with Gasteiger partial charge in [-0.25, -0.2) is 9.97 Å². The highest BCUT2D eigenvalue weighted by molar-refractivity contribution is 8.00. The van der Waals surface area contributed by atoms with Crippen molar-refractivity contribution in [2.75, 3.05) is 17.7 Å². The van der Waals surface area contributed by atoms with Crippen LogP contribution in [0.3, 0.4) is 0 Å². The standard InChI is InChI=1S/C18H17N3O2S/c1-2-23-16-10-6-5-9-15(16)21-17(22)11-24-18-13-7-3-4-8-14(13)19-12-20-18/h3-10,12H,2,11H2,1H3,(H,21,22). The zero-order valence-corrected chi connectivity index (χ0v) is 14.0. The third-order valence-corrected chi connectivity index (χ3v) is 4.31. The van der Waals surface area contributed by atoms with Gasteiger partial charge in [0.1, 0.15) is 17.1 Å². The molecule has 1 heterocycles. The summed E-state index contributed by atoms with van der Waals surface area (Å²) in [5.41, 5.74) is 1.55. The van der Waals surface area contributed by atoms with Gasteiger partial charge in [0.25, 0.3) is 0 Å². The first kappa shape index (κ1) is 16.3. The first-order valence-corrected chi connectivity index (χ1v) is 8.60. The minimum absolute atomic E-state index is 0.102. The van der Waals surface area contributed by atoms with E-state index in [2.05, 4.69) is 15.3 Å². The van der Waals surface area contributed by atoms with Crippen molar-refractivity contribution in [3.8, 4) is 5.75 Å². The first-order valence-electron chi connectivity index (χ1n) is 7.62. The van der Waals surface area contributed by atoms with E-state index >= 15 is 0 Å². The maximum atomic E-state index is 12.2. The fourth-order valence-electron chi connectivity index (χ4n) is 2.27. The Balaban J connectivity index is 1.67. The summed E-state index contributed by atoms with van der Waals surface area (Å²) in [5.74, 6) is 0.835. The van der Waals surface area contributed by atoms with E-state index in [1.165, 1.54) is 18.1 Å². The molecule has 0 unspecified atom stereocenters. The molecule has 0 spiro atoms. The largest absolute Gasteiger partial charge is 0.492 e. The molecule has 0 aliphatic heterocycles. The van der Waals surface area contributed by atoms with Crippen LogP contribution in [0.2, 0.25) is 0 Å².